The summed E-state index contributed by atoms with van der Waals surface area (Å²) in [6, 6.07) is 14.8. The average molecular weight is 275 g/mol. The van der Waals surface area contributed by atoms with Crippen LogP contribution < -0.4 is 0 Å². The lowest BCUT2D eigenvalue weighted by molar-refractivity contribution is 0.112. The minimum Gasteiger partial charge on any atom is -0.343 e. The Morgan fingerprint density at radius 2 is 1.90 bits per heavy atom. The van der Waals surface area contributed by atoms with Crippen LogP contribution in [-0.2, 0) is 19.4 Å². The third kappa shape index (κ3) is 2.17. The van der Waals surface area contributed by atoms with E-state index in [0.717, 1.165) is 23.9 Å². The Morgan fingerprint density at radius 1 is 1.00 bits per heavy atom. The van der Waals surface area contributed by atoms with Crippen LogP contribution in [0.2, 0.25) is 0 Å². The number of benzene rings is 2. The predicted octanol–water partition coefficient (Wildman–Crippen LogP) is 3.99. The third-order valence-corrected chi connectivity index (χ3v) is 4.45. The normalized spacial score (nSPS) is 13.5. The molecule has 0 aliphatic heterocycles. The number of hydrogen-bond donors (Lipinski definition) is 0. The molecule has 2 nitrogen and oxygen atoms in total. The van der Waals surface area contributed by atoms with Gasteiger partial charge in [0, 0.05) is 23.8 Å². The summed E-state index contributed by atoms with van der Waals surface area (Å²) in [6.45, 7) is 0.860. The maximum Gasteiger partial charge on any atom is 0.150 e. The molecule has 4 rings (SSSR count). The fraction of sp³-hybridized carbons (Fsp3) is 0.211. The van der Waals surface area contributed by atoms with Crippen molar-refractivity contribution in [2.45, 2.75) is 25.8 Å². The van der Waals surface area contributed by atoms with Gasteiger partial charge >= 0.3 is 0 Å². The Balaban J connectivity index is 1.72. The lowest BCUT2D eigenvalue weighted by Crippen LogP contribution is -1.99. The summed E-state index contributed by atoms with van der Waals surface area (Å²) in [5.41, 5.74) is 6.22. The molecule has 0 spiro atoms. The van der Waals surface area contributed by atoms with Crippen molar-refractivity contribution in [1.82, 2.24) is 4.57 Å². The van der Waals surface area contributed by atoms with Crippen molar-refractivity contribution >= 4 is 17.2 Å². The van der Waals surface area contributed by atoms with Crippen molar-refractivity contribution in [2.24, 2.45) is 0 Å². The summed E-state index contributed by atoms with van der Waals surface area (Å²) >= 11 is 0. The number of rotatable bonds is 3. The highest BCUT2D eigenvalue weighted by molar-refractivity contribution is 5.87. The molecule has 0 fully saturated rings. The van der Waals surface area contributed by atoms with E-state index < -0.39 is 0 Å². The summed E-state index contributed by atoms with van der Waals surface area (Å²) in [7, 11) is 0. The van der Waals surface area contributed by atoms with E-state index in [1.54, 1.807) is 0 Å². The molecular weight excluding hydrogens is 258 g/mol. The number of fused-ring (bicyclic) bond motifs is 2. The SMILES string of the molecule is O=Cc1ccc2ccn(Cc3ccc4c(c3)CCC4)c2c1. The third-order valence-electron chi connectivity index (χ3n) is 4.45. The van der Waals surface area contributed by atoms with E-state index in [2.05, 4.69) is 35.0 Å². The van der Waals surface area contributed by atoms with Crippen LogP contribution in [0.15, 0.2) is 48.7 Å². The summed E-state index contributed by atoms with van der Waals surface area (Å²) in [5.74, 6) is 0. The molecule has 2 aromatic carbocycles. The minimum atomic E-state index is 0.733. The predicted molar refractivity (Wildman–Crippen MR) is 84.9 cm³/mol. The second-order valence-electron chi connectivity index (χ2n) is 5.84. The van der Waals surface area contributed by atoms with E-state index in [4.69, 9.17) is 0 Å². The first-order chi connectivity index (χ1) is 10.3. The lowest BCUT2D eigenvalue weighted by Gasteiger charge is -2.08. The molecule has 1 aromatic heterocycles. The zero-order chi connectivity index (χ0) is 14.2. The topological polar surface area (TPSA) is 22.0 Å². The highest BCUT2D eigenvalue weighted by atomic mass is 16.1. The van der Waals surface area contributed by atoms with Crippen molar-refractivity contribution < 1.29 is 4.79 Å². The van der Waals surface area contributed by atoms with Gasteiger partial charge in [-0.2, -0.15) is 0 Å². The molecule has 1 aliphatic rings. The number of hydrogen-bond acceptors (Lipinski definition) is 1. The molecule has 0 radical (unpaired) electrons. The Hall–Kier alpha value is -2.35. The van der Waals surface area contributed by atoms with Crippen molar-refractivity contribution in [3.63, 3.8) is 0 Å². The smallest absolute Gasteiger partial charge is 0.150 e. The Labute approximate surface area is 124 Å². The molecule has 1 aliphatic carbocycles. The maximum absolute atomic E-state index is 11.0. The van der Waals surface area contributed by atoms with Gasteiger partial charge in [0.25, 0.3) is 0 Å². The van der Waals surface area contributed by atoms with Crippen molar-refractivity contribution in [3.8, 4) is 0 Å². The second-order valence-corrected chi connectivity index (χ2v) is 5.84. The molecule has 0 saturated heterocycles. The zero-order valence-electron chi connectivity index (χ0n) is 11.9. The molecule has 0 saturated carbocycles. The van der Waals surface area contributed by atoms with E-state index in [0.29, 0.717) is 0 Å². The minimum absolute atomic E-state index is 0.733. The van der Waals surface area contributed by atoms with Gasteiger partial charge < -0.3 is 4.57 Å². The maximum atomic E-state index is 11.0. The lowest BCUT2D eigenvalue weighted by atomic mass is 10.1. The van der Waals surface area contributed by atoms with E-state index >= 15 is 0 Å². The van der Waals surface area contributed by atoms with E-state index in [1.807, 2.05) is 18.2 Å². The van der Waals surface area contributed by atoms with Crippen LogP contribution in [0.25, 0.3) is 10.9 Å². The van der Waals surface area contributed by atoms with Gasteiger partial charge in [-0.25, -0.2) is 0 Å². The summed E-state index contributed by atoms with van der Waals surface area (Å²) in [5, 5.41) is 1.18. The molecule has 21 heavy (non-hydrogen) atoms. The first-order valence-corrected chi connectivity index (χ1v) is 7.48. The van der Waals surface area contributed by atoms with E-state index in [-0.39, 0.29) is 0 Å². The van der Waals surface area contributed by atoms with Crippen LogP contribution >= 0.6 is 0 Å². The fourth-order valence-electron chi connectivity index (χ4n) is 3.33. The zero-order valence-corrected chi connectivity index (χ0v) is 11.9. The van der Waals surface area contributed by atoms with Crippen LogP contribution in [0.4, 0.5) is 0 Å². The van der Waals surface area contributed by atoms with E-state index in [9.17, 15) is 4.79 Å². The first-order valence-electron chi connectivity index (χ1n) is 7.48. The van der Waals surface area contributed by atoms with Gasteiger partial charge in [0.15, 0.2) is 0 Å². The Morgan fingerprint density at radius 3 is 2.81 bits per heavy atom. The van der Waals surface area contributed by atoms with Crippen LogP contribution in [0.3, 0.4) is 0 Å². The highest BCUT2D eigenvalue weighted by Crippen LogP contribution is 2.24. The molecule has 0 atom stereocenters. The highest BCUT2D eigenvalue weighted by Gasteiger charge is 2.11. The second kappa shape index (κ2) is 4.88. The number of nitrogens with zero attached hydrogens (tertiary/aromatic N) is 1. The number of aromatic nitrogens is 1. The molecule has 2 heteroatoms. The van der Waals surface area contributed by atoms with Gasteiger partial charge in [0.05, 0.1) is 0 Å². The van der Waals surface area contributed by atoms with Crippen molar-refractivity contribution in [1.29, 1.82) is 0 Å². The molecule has 1 heterocycles. The monoisotopic (exact) mass is 275 g/mol. The van der Waals surface area contributed by atoms with Crippen molar-refractivity contribution in [3.05, 3.63) is 70.9 Å². The van der Waals surface area contributed by atoms with Crippen LogP contribution in [0.1, 0.15) is 33.5 Å². The first kappa shape index (κ1) is 12.4. The van der Waals surface area contributed by atoms with Crippen LogP contribution in [0.5, 0.6) is 0 Å². The molecule has 0 N–H and O–H groups in total. The Kier molecular flexibility index (Phi) is 2.88. The fourth-order valence-corrected chi connectivity index (χ4v) is 3.33. The molecular formula is C19H17NO. The van der Waals surface area contributed by atoms with Crippen molar-refractivity contribution in [2.75, 3.05) is 0 Å². The van der Waals surface area contributed by atoms with Crippen LogP contribution in [0, 0.1) is 0 Å². The van der Waals surface area contributed by atoms with Gasteiger partial charge in [0.1, 0.15) is 6.29 Å². The van der Waals surface area contributed by atoms with E-state index in [1.165, 1.54) is 41.3 Å². The van der Waals surface area contributed by atoms with Gasteiger partial charge in [-0.15, -0.1) is 0 Å². The number of carbonyl (C=O) groups excluding carboxylic acids is 1. The molecule has 0 unspecified atom stereocenters. The Bertz CT molecular complexity index is 829. The quantitative estimate of drug-likeness (QED) is 0.662. The summed E-state index contributed by atoms with van der Waals surface area (Å²) in [6.07, 6.45) is 6.74. The molecule has 104 valence electrons. The molecule has 0 amide bonds. The van der Waals surface area contributed by atoms with Gasteiger partial charge in [0.2, 0.25) is 0 Å². The van der Waals surface area contributed by atoms with Gasteiger partial charge in [-0.05, 0) is 53.5 Å². The van der Waals surface area contributed by atoms with Crippen LogP contribution in [-0.4, -0.2) is 10.9 Å². The summed E-state index contributed by atoms with van der Waals surface area (Å²) in [4.78, 5) is 11.0. The van der Waals surface area contributed by atoms with Gasteiger partial charge in [-0.1, -0.05) is 30.3 Å². The number of aryl methyl sites for hydroxylation is 2. The molecule has 0 bridgehead atoms. The summed E-state index contributed by atoms with van der Waals surface area (Å²) < 4.78 is 2.22. The van der Waals surface area contributed by atoms with Gasteiger partial charge in [-0.3, -0.25) is 4.79 Å². The largest absolute Gasteiger partial charge is 0.343 e. The standard InChI is InChI=1S/C19H17NO/c21-13-15-5-7-17-8-9-20(19(17)11-15)12-14-4-6-16-2-1-3-18(16)10-14/h4-11,13H,1-3,12H2. The molecule has 3 aromatic rings. The average Bonchev–Trinajstić information content (AvgIpc) is 3.13. The number of carbonyl (C=O) groups is 1. The number of aldehydes is 1.